The van der Waals surface area contributed by atoms with Crippen molar-refractivity contribution in [2.45, 2.75) is 19.1 Å². The molecule has 1 aliphatic heterocycles. The number of rotatable bonds is 6. The summed E-state index contributed by atoms with van der Waals surface area (Å²) in [6.45, 7) is 3.18. The Hall–Kier alpha value is -2.19. The number of fused-ring (bicyclic) bond motifs is 1. The highest BCUT2D eigenvalue weighted by Gasteiger charge is 2.25. The van der Waals surface area contributed by atoms with Gasteiger partial charge in [0.25, 0.3) is 0 Å². The number of nitrogens with one attached hydrogen (secondary N) is 1. The van der Waals surface area contributed by atoms with Crippen molar-refractivity contribution >= 4 is 5.91 Å². The smallest absolute Gasteiger partial charge is 0.246 e. The lowest BCUT2D eigenvalue weighted by molar-refractivity contribution is -0.124. The van der Waals surface area contributed by atoms with Gasteiger partial charge in [0.1, 0.15) is 6.61 Å². The molecule has 8 heteroatoms. The van der Waals surface area contributed by atoms with Crippen LogP contribution in [0.3, 0.4) is 0 Å². The molecule has 0 saturated heterocycles. The van der Waals surface area contributed by atoms with Crippen molar-refractivity contribution in [1.29, 1.82) is 0 Å². The molecule has 0 aromatic carbocycles. The van der Waals surface area contributed by atoms with Gasteiger partial charge < -0.3 is 14.6 Å². The monoisotopic (exact) mass is 318 g/mol. The number of aryl methyl sites for hydroxylation is 1. The van der Waals surface area contributed by atoms with E-state index >= 15 is 0 Å². The van der Waals surface area contributed by atoms with Crippen LogP contribution in [0.25, 0.3) is 0 Å². The second kappa shape index (κ2) is 6.93. The number of aromatic nitrogens is 4. The molecule has 0 radical (unpaired) electrons. The van der Waals surface area contributed by atoms with Gasteiger partial charge in [-0.2, -0.15) is 5.10 Å². The van der Waals surface area contributed by atoms with Gasteiger partial charge in [-0.05, 0) is 0 Å². The van der Waals surface area contributed by atoms with E-state index in [1.807, 2.05) is 36.6 Å². The summed E-state index contributed by atoms with van der Waals surface area (Å²) >= 11 is 0. The van der Waals surface area contributed by atoms with E-state index in [0.29, 0.717) is 6.54 Å². The predicted octanol–water partition coefficient (Wildman–Crippen LogP) is -0.0639. The Morgan fingerprint density at radius 1 is 1.48 bits per heavy atom. The van der Waals surface area contributed by atoms with Crippen LogP contribution < -0.4 is 5.32 Å². The van der Waals surface area contributed by atoms with E-state index in [4.69, 9.17) is 4.74 Å². The zero-order chi connectivity index (χ0) is 16.2. The molecule has 23 heavy (non-hydrogen) atoms. The molecule has 3 heterocycles. The minimum atomic E-state index is -0.0986. The third-order valence-electron chi connectivity index (χ3n) is 3.97. The maximum absolute atomic E-state index is 11.6. The van der Waals surface area contributed by atoms with Crippen molar-refractivity contribution in [2.24, 2.45) is 7.05 Å². The molecule has 2 aromatic rings. The number of hydrogen-bond acceptors (Lipinski definition) is 5. The van der Waals surface area contributed by atoms with Crippen molar-refractivity contribution in [3.63, 3.8) is 0 Å². The van der Waals surface area contributed by atoms with Crippen LogP contribution in [-0.2, 0) is 29.7 Å². The molecule has 0 aliphatic carbocycles. The number of amides is 1. The Morgan fingerprint density at radius 3 is 3.09 bits per heavy atom. The summed E-state index contributed by atoms with van der Waals surface area (Å²) in [7, 11) is 3.44. The molecule has 0 unspecified atom stereocenters. The average molecular weight is 318 g/mol. The molecule has 0 saturated carbocycles. The van der Waals surface area contributed by atoms with E-state index in [9.17, 15) is 4.79 Å². The van der Waals surface area contributed by atoms with Gasteiger partial charge in [-0.1, -0.05) is 0 Å². The summed E-state index contributed by atoms with van der Waals surface area (Å²) in [5.74, 6) is -0.0986. The summed E-state index contributed by atoms with van der Waals surface area (Å²) in [5.41, 5.74) is 2.34. The van der Waals surface area contributed by atoms with Crippen LogP contribution in [0.15, 0.2) is 24.9 Å². The van der Waals surface area contributed by atoms with Gasteiger partial charge in [0, 0.05) is 58.3 Å². The molecule has 0 bridgehead atoms. The Bertz CT molecular complexity index is 664. The number of carbonyl (C=O) groups is 1. The van der Waals surface area contributed by atoms with Crippen LogP contribution in [0, 0.1) is 0 Å². The van der Waals surface area contributed by atoms with Crippen molar-refractivity contribution in [2.75, 3.05) is 26.8 Å². The lowest BCUT2D eigenvalue weighted by Gasteiger charge is -2.34. The zero-order valence-electron chi connectivity index (χ0n) is 13.5. The maximum atomic E-state index is 11.6. The number of ether oxygens (including phenoxy) is 1. The minimum Gasteiger partial charge on any atom is -0.375 e. The van der Waals surface area contributed by atoms with Crippen LogP contribution in [0.2, 0.25) is 0 Å². The summed E-state index contributed by atoms with van der Waals surface area (Å²) < 4.78 is 8.81. The standard InChI is InChI=1S/C15H22N6O2/c1-19-6-12(3-18-19)7-20-8-13-4-16-11-21(13)14(9-20)5-17-15(22)10-23-2/h3-4,6,11,14H,5,7-10H2,1-2H3,(H,17,22)/t14-/m0/s1. The molecule has 3 rings (SSSR count). The van der Waals surface area contributed by atoms with E-state index < -0.39 is 0 Å². The largest absolute Gasteiger partial charge is 0.375 e. The van der Waals surface area contributed by atoms with Gasteiger partial charge in [0.2, 0.25) is 5.91 Å². The van der Waals surface area contributed by atoms with Gasteiger partial charge in [-0.3, -0.25) is 14.4 Å². The molecule has 8 nitrogen and oxygen atoms in total. The number of hydrogen-bond donors (Lipinski definition) is 1. The van der Waals surface area contributed by atoms with Gasteiger partial charge in [-0.25, -0.2) is 4.98 Å². The number of carbonyl (C=O) groups excluding carboxylic acids is 1. The van der Waals surface area contributed by atoms with Crippen LogP contribution in [-0.4, -0.2) is 56.9 Å². The fraction of sp³-hybridized carbons (Fsp3) is 0.533. The predicted molar refractivity (Wildman–Crippen MR) is 83.5 cm³/mol. The highest BCUT2D eigenvalue weighted by atomic mass is 16.5. The maximum Gasteiger partial charge on any atom is 0.246 e. The van der Waals surface area contributed by atoms with Gasteiger partial charge >= 0.3 is 0 Å². The molecule has 2 aromatic heterocycles. The second-order valence-corrected chi connectivity index (χ2v) is 5.88. The molecule has 1 aliphatic rings. The van der Waals surface area contributed by atoms with Crippen molar-refractivity contribution < 1.29 is 9.53 Å². The van der Waals surface area contributed by atoms with E-state index in [1.54, 1.807) is 0 Å². The lowest BCUT2D eigenvalue weighted by atomic mass is 10.1. The van der Waals surface area contributed by atoms with Crippen LogP contribution in [0.4, 0.5) is 0 Å². The van der Waals surface area contributed by atoms with Crippen molar-refractivity contribution in [3.05, 3.63) is 36.2 Å². The molecule has 1 atom stereocenters. The van der Waals surface area contributed by atoms with Crippen molar-refractivity contribution in [1.82, 2.24) is 29.5 Å². The molecule has 1 N–H and O–H groups in total. The Morgan fingerprint density at radius 2 is 2.35 bits per heavy atom. The Balaban J connectivity index is 1.66. The molecular formula is C15H22N6O2. The SMILES string of the molecule is COCC(=O)NC[C@H]1CN(Cc2cnn(C)c2)Cc2cncn21. The molecular weight excluding hydrogens is 296 g/mol. The first-order valence-corrected chi connectivity index (χ1v) is 7.62. The average Bonchev–Trinajstić information content (AvgIpc) is 3.14. The van der Waals surface area contributed by atoms with Crippen LogP contribution in [0.5, 0.6) is 0 Å². The zero-order valence-corrected chi connectivity index (χ0v) is 13.5. The van der Waals surface area contributed by atoms with Crippen LogP contribution in [0.1, 0.15) is 17.3 Å². The first-order valence-electron chi connectivity index (χ1n) is 7.62. The third kappa shape index (κ3) is 3.77. The first kappa shape index (κ1) is 15.7. The fourth-order valence-electron chi connectivity index (χ4n) is 2.97. The van der Waals surface area contributed by atoms with E-state index in [2.05, 4.69) is 24.9 Å². The van der Waals surface area contributed by atoms with Gasteiger partial charge in [-0.15, -0.1) is 0 Å². The third-order valence-corrected chi connectivity index (χ3v) is 3.97. The number of imidazole rings is 1. The lowest BCUT2D eigenvalue weighted by Crippen LogP contribution is -2.42. The number of nitrogens with zero attached hydrogens (tertiary/aromatic N) is 5. The van der Waals surface area contributed by atoms with Crippen LogP contribution >= 0.6 is 0 Å². The quantitative estimate of drug-likeness (QED) is 0.807. The van der Waals surface area contributed by atoms with E-state index in [1.165, 1.54) is 12.7 Å². The summed E-state index contributed by atoms with van der Waals surface area (Å²) in [4.78, 5) is 18.2. The molecule has 0 spiro atoms. The van der Waals surface area contributed by atoms with Gasteiger partial charge in [0.05, 0.1) is 24.3 Å². The Kier molecular flexibility index (Phi) is 4.73. The summed E-state index contributed by atoms with van der Waals surface area (Å²) in [6.07, 6.45) is 7.64. The molecule has 1 amide bonds. The molecule has 0 fully saturated rings. The number of methoxy groups -OCH3 is 1. The normalized spacial score (nSPS) is 17.9. The Labute approximate surface area is 135 Å². The first-order chi connectivity index (χ1) is 11.2. The van der Waals surface area contributed by atoms with Crippen molar-refractivity contribution in [3.8, 4) is 0 Å². The van der Waals surface area contributed by atoms with Gasteiger partial charge in [0.15, 0.2) is 0 Å². The van der Waals surface area contributed by atoms with E-state index in [0.717, 1.165) is 25.3 Å². The summed E-state index contributed by atoms with van der Waals surface area (Å²) in [6, 6.07) is 0.165. The minimum absolute atomic E-state index is 0.0862. The van der Waals surface area contributed by atoms with E-state index in [-0.39, 0.29) is 18.6 Å². The second-order valence-electron chi connectivity index (χ2n) is 5.88. The highest BCUT2D eigenvalue weighted by Crippen LogP contribution is 2.21. The fourth-order valence-corrected chi connectivity index (χ4v) is 2.97. The highest BCUT2D eigenvalue weighted by molar-refractivity contribution is 5.77. The topological polar surface area (TPSA) is 77.2 Å². The summed E-state index contributed by atoms with van der Waals surface area (Å²) in [5, 5.41) is 7.13. The molecule has 124 valence electrons.